The molecular formula is C25H20F3N3O5S. The first-order chi connectivity index (χ1) is 17.5. The van der Waals surface area contributed by atoms with Crippen LogP contribution in [-0.4, -0.2) is 41.3 Å². The Morgan fingerprint density at radius 3 is 2.27 bits per heavy atom. The highest BCUT2D eigenvalue weighted by Crippen LogP contribution is 2.50. The van der Waals surface area contributed by atoms with Gasteiger partial charge >= 0.3 is 11.5 Å². The smallest absolute Gasteiger partial charge is 0.487 e. The first kappa shape index (κ1) is 24.8. The van der Waals surface area contributed by atoms with E-state index in [-0.39, 0.29) is 18.8 Å². The lowest BCUT2D eigenvalue weighted by atomic mass is 10.1. The predicted molar refractivity (Wildman–Crippen MR) is 125 cm³/mol. The molecule has 0 bridgehead atoms. The number of pyridine rings is 1. The number of nitrogens with zero attached hydrogens (tertiary/aromatic N) is 3. The fourth-order valence-electron chi connectivity index (χ4n) is 4.25. The third kappa shape index (κ3) is 4.31. The van der Waals surface area contributed by atoms with Gasteiger partial charge in [-0.05, 0) is 48.7 Å². The zero-order chi connectivity index (χ0) is 26.4. The third-order valence-electron chi connectivity index (χ3n) is 6.41. The molecule has 2 heterocycles. The van der Waals surface area contributed by atoms with Crippen molar-refractivity contribution < 1.29 is 35.9 Å². The van der Waals surface area contributed by atoms with E-state index >= 15 is 0 Å². The maximum absolute atomic E-state index is 13.4. The van der Waals surface area contributed by atoms with Gasteiger partial charge in [-0.2, -0.15) is 13.2 Å². The Balaban J connectivity index is 1.39. The van der Waals surface area contributed by atoms with Crippen LogP contribution in [0.1, 0.15) is 24.0 Å². The molecule has 192 valence electrons. The summed E-state index contributed by atoms with van der Waals surface area (Å²) >= 11 is 0. The fourth-order valence-corrected chi connectivity index (χ4v) is 5.01. The van der Waals surface area contributed by atoms with Crippen molar-refractivity contribution in [2.24, 2.45) is 0 Å². The first-order valence-electron chi connectivity index (χ1n) is 11.2. The van der Waals surface area contributed by atoms with Crippen molar-refractivity contribution in [1.29, 1.82) is 0 Å². The molecule has 12 heteroatoms. The highest BCUT2D eigenvalue weighted by atomic mass is 32.2. The number of rotatable bonds is 7. The van der Waals surface area contributed by atoms with E-state index < -0.39 is 37.7 Å². The van der Waals surface area contributed by atoms with E-state index in [1.165, 1.54) is 11.1 Å². The van der Waals surface area contributed by atoms with Crippen LogP contribution in [0.3, 0.4) is 0 Å². The van der Waals surface area contributed by atoms with Crippen LogP contribution in [0, 0.1) is 0 Å². The minimum absolute atomic E-state index is 0.0137. The number of carbonyl (C=O) groups excluding carboxylic acids is 2. The van der Waals surface area contributed by atoms with Gasteiger partial charge in [0.25, 0.3) is 15.7 Å². The zero-order valence-corrected chi connectivity index (χ0v) is 20.0. The normalized spacial score (nSPS) is 16.9. The number of ether oxygens (including phenoxy) is 1. The van der Waals surface area contributed by atoms with Crippen LogP contribution in [0.2, 0.25) is 0 Å². The van der Waals surface area contributed by atoms with Crippen LogP contribution in [0.25, 0.3) is 0 Å². The molecule has 1 aliphatic carbocycles. The van der Waals surface area contributed by atoms with Gasteiger partial charge in [0.2, 0.25) is 0 Å². The predicted octanol–water partition coefficient (Wildman–Crippen LogP) is 4.46. The lowest BCUT2D eigenvalue weighted by Crippen LogP contribution is -2.36. The van der Waals surface area contributed by atoms with Crippen molar-refractivity contribution in [3.63, 3.8) is 0 Å². The lowest BCUT2D eigenvalue weighted by molar-refractivity contribution is -0.120. The Hall–Kier alpha value is -3.93. The number of hydrogen-bond donors (Lipinski definition) is 0. The molecule has 1 aliphatic heterocycles. The number of benzene rings is 2. The zero-order valence-electron chi connectivity index (χ0n) is 19.2. The largest absolute Gasteiger partial charge is 0.501 e. The molecule has 2 fully saturated rings. The Morgan fingerprint density at radius 2 is 1.65 bits per heavy atom. The second kappa shape index (κ2) is 8.87. The van der Waals surface area contributed by atoms with Crippen molar-refractivity contribution in [3.8, 4) is 5.75 Å². The van der Waals surface area contributed by atoms with Gasteiger partial charge in [0.1, 0.15) is 17.9 Å². The summed E-state index contributed by atoms with van der Waals surface area (Å²) in [6, 6.07) is 14.0. The maximum Gasteiger partial charge on any atom is 0.501 e. The van der Waals surface area contributed by atoms with Crippen LogP contribution in [0.5, 0.6) is 5.75 Å². The molecule has 2 aliphatic rings. The second-order valence-corrected chi connectivity index (χ2v) is 10.7. The molecule has 0 unspecified atom stereocenters. The summed E-state index contributed by atoms with van der Waals surface area (Å²) in [4.78, 5) is 32.1. The van der Waals surface area contributed by atoms with Crippen LogP contribution in [-0.2, 0) is 27.8 Å². The van der Waals surface area contributed by atoms with Gasteiger partial charge in [0.05, 0.1) is 23.3 Å². The van der Waals surface area contributed by atoms with Gasteiger partial charge in [-0.25, -0.2) is 18.1 Å². The Kier molecular flexibility index (Phi) is 5.94. The monoisotopic (exact) mass is 531 g/mol. The molecule has 1 saturated heterocycles. The highest BCUT2D eigenvalue weighted by molar-refractivity contribution is 7.92. The summed E-state index contributed by atoms with van der Waals surface area (Å²) in [6.07, 6.45) is 3.93. The van der Waals surface area contributed by atoms with E-state index in [0.717, 1.165) is 34.7 Å². The molecule has 8 nitrogen and oxygen atoms in total. The van der Waals surface area contributed by atoms with Crippen molar-refractivity contribution >= 4 is 27.5 Å². The van der Waals surface area contributed by atoms with E-state index in [2.05, 4.69) is 4.98 Å². The summed E-state index contributed by atoms with van der Waals surface area (Å²) in [6.45, 7) is 0.325. The summed E-state index contributed by atoms with van der Waals surface area (Å²) in [5, 5.41) is 0. The summed E-state index contributed by atoms with van der Waals surface area (Å²) in [5.41, 5.74) is -4.97. The van der Waals surface area contributed by atoms with Gasteiger partial charge in [-0.3, -0.25) is 9.78 Å². The van der Waals surface area contributed by atoms with Crippen LogP contribution < -0.4 is 9.64 Å². The molecule has 5 rings (SSSR count). The number of carbonyl (C=O) groups is 2. The molecule has 2 aromatic carbocycles. The molecule has 3 amide bonds. The quantitative estimate of drug-likeness (QED) is 0.418. The van der Waals surface area contributed by atoms with Crippen molar-refractivity contribution in [1.82, 2.24) is 9.88 Å². The molecule has 1 saturated carbocycles. The van der Waals surface area contributed by atoms with Gasteiger partial charge in [-0.15, -0.1) is 0 Å². The summed E-state index contributed by atoms with van der Waals surface area (Å²) < 4.78 is 67.8. The Morgan fingerprint density at radius 1 is 0.973 bits per heavy atom. The Bertz CT molecular complexity index is 1460. The number of hydrogen-bond acceptors (Lipinski definition) is 6. The third-order valence-corrected chi connectivity index (χ3v) is 7.91. The number of urea groups is 1. The number of imide groups is 1. The number of sulfone groups is 1. The van der Waals surface area contributed by atoms with E-state index in [1.54, 1.807) is 12.3 Å². The minimum Gasteiger partial charge on any atom is -0.487 e. The minimum atomic E-state index is -5.55. The average molecular weight is 532 g/mol. The summed E-state index contributed by atoms with van der Waals surface area (Å²) in [5.74, 6) is -0.0627. The number of alkyl halides is 3. The molecule has 0 radical (unpaired) electrons. The number of amides is 3. The maximum atomic E-state index is 13.4. The highest BCUT2D eigenvalue weighted by Gasteiger charge is 2.65. The van der Waals surface area contributed by atoms with E-state index in [9.17, 15) is 31.2 Å². The number of halogens is 3. The van der Waals surface area contributed by atoms with Crippen molar-refractivity contribution in [2.45, 2.75) is 41.9 Å². The lowest BCUT2D eigenvalue weighted by Gasteiger charge is -2.22. The van der Waals surface area contributed by atoms with Gasteiger partial charge in [0.15, 0.2) is 0 Å². The number of aromatic nitrogens is 1. The molecule has 1 spiro atoms. The average Bonchev–Trinajstić information content (AvgIpc) is 3.65. The van der Waals surface area contributed by atoms with Crippen molar-refractivity contribution in [3.05, 3.63) is 84.2 Å². The van der Waals surface area contributed by atoms with E-state index in [0.29, 0.717) is 24.2 Å². The van der Waals surface area contributed by atoms with Crippen LogP contribution >= 0.6 is 0 Å². The van der Waals surface area contributed by atoms with Gasteiger partial charge in [0, 0.05) is 11.8 Å². The molecule has 37 heavy (non-hydrogen) atoms. The summed E-state index contributed by atoms with van der Waals surface area (Å²) in [7, 11) is -5.55. The van der Waals surface area contributed by atoms with Crippen molar-refractivity contribution in [2.75, 3.05) is 4.90 Å². The van der Waals surface area contributed by atoms with Gasteiger partial charge < -0.3 is 9.64 Å². The van der Waals surface area contributed by atoms with E-state index in [4.69, 9.17) is 4.74 Å². The molecular weight excluding hydrogens is 511 g/mol. The standard InChI is InChI=1S/C25H20F3N3O5S/c26-25(27,28)37(34,35)20-8-6-19(7-9-20)31-22(32)24(11-12-24)30(23(31)33)15-18-10-13-29-14-21(18)36-16-17-4-2-1-3-5-17/h1-10,13-14H,11-12,15-16H2. The fraction of sp³-hybridized carbons (Fsp3) is 0.240. The number of anilines is 1. The topological polar surface area (TPSA) is 96.9 Å². The Labute approximate surface area is 210 Å². The second-order valence-electron chi connectivity index (χ2n) is 8.74. The molecule has 0 N–H and O–H groups in total. The first-order valence-corrected chi connectivity index (χ1v) is 12.7. The SMILES string of the molecule is O=C1N(c2ccc(S(=O)(=O)C(F)(F)F)cc2)C(=O)C2(CC2)N1Cc1ccncc1OCc1ccccc1. The van der Waals surface area contributed by atoms with E-state index in [1.807, 2.05) is 30.3 Å². The van der Waals surface area contributed by atoms with Gasteiger partial charge in [-0.1, -0.05) is 30.3 Å². The molecule has 3 aromatic rings. The molecule has 0 atom stereocenters. The molecule has 1 aromatic heterocycles. The van der Waals surface area contributed by atoms with Crippen LogP contribution in [0.4, 0.5) is 23.7 Å². The van der Waals surface area contributed by atoms with Crippen LogP contribution in [0.15, 0.2) is 78.0 Å².